The Bertz CT molecular complexity index is 1190. The molecule has 0 fully saturated rings. The van der Waals surface area contributed by atoms with Gasteiger partial charge in [0, 0.05) is 5.56 Å². The second-order valence-corrected chi connectivity index (χ2v) is 7.95. The third kappa shape index (κ3) is 6.41. The summed E-state index contributed by atoms with van der Waals surface area (Å²) < 4.78 is 5.89. The third-order valence-electron chi connectivity index (χ3n) is 4.15. The number of amides is 1. The Morgan fingerprint density at radius 1 is 1.23 bits per heavy atom. The van der Waals surface area contributed by atoms with Crippen LogP contribution in [-0.4, -0.2) is 32.6 Å². The van der Waals surface area contributed by atoms with Crippen LogP contribution in [0.4, 0.5) is 0 Å². The number of aryl methyl sites for hydroxylation is 1. The lowest BCUT2D eigenvalue weighted by Crippen LogP contribution is -2.30. The lowest BCUT2D eigenvalue weighted by Gasteiger charge is -2.10. The Labute approximate surface area is 181 Å². The number of nitrogens with one attached hydrogen (secondary N) is 3. The van der Waals surface area contributed by atoms with Gasteiger partial charge in [0.15, 0.2) is 5.03 Å². The van der Waals surface area contributed by atoms with Crippen LogP contribution in [0, 0.1) is 6.92 Å². The first-order valence-electron chi connectivity index (χ1n) is 9.38. The van der Waals surface area contributed by atoms with Crippen LogP contribution in [-0.2, 0) is 11.4 Å². The lowest BCUT2D eigenvalue weighted by molar-refractivity contribution is -0.120. The smallest absolute Gasteiger partial charge is 0.342 e. The average molecular weight is 439 g/mol. The number of aromatic amines is 2. The fourth-order valence-corrected chi connectivity index (χ4v) is 3.21. The predicted molar refractivity (Wildman–Crippen MR) is 118 cm³/mol. The van der Waals surface area contributed by atoms with Gasteiger partial charge in [0.2, 0.25) is 0 Å². The van der Waals surface area contributed by atoms with Gasteiger partial charge in [-0.05, 0) is 31.5 Å². The van der Waals surface area contributed by atoms with E-state index in [0.717, 1.165) is 17.3 Å². The minimum atomic E-state index is -0.709. The van der Waals surface area contributed by atoms with E-state index in [9.17, 15) is 14.4 Å². The van der Waals surface area contributed by atoms with Crippen LogP contribution in [0.2, 0.25) is 0 Å². The number of thioether (sulfide) groups is 1. The molecule has 0 radical (unpaired) electrons. The monoisotopic (exact) mass is 439 g/mol. The summed E-state index contributed by atoms with van der Waals surface area (Å²) in [4.78, 5) is 37.0. The van der Waals surface area contributed by atoms with Crippen LogP contribution in [0.25, 0.3) is 0 Å². The molecule has 0 aliphatic carbocycles. The Morgan fingerprint density at radius 3 is 2.71 bits per heavy atom. The van der Waals surface area contributed by atoms with Gasteiger partial charge >= 0.3 is 5.69 Å². The molecule has 0 saturated heterocycles. The molecular formula is C21H21N5O4S. The first kappa shape index (κ1) is 22.0. The molecule has 0 bridgehead atoms. The number of H-pyrrole nitrogens is 2. The molecule has 0 aliphatic rings. The van der Waals surface area contributed by atoms with Gasteiger partial charge in [-0.2, -0.15) is 10.2 Å². The fourth-order valence-electron chi connectivity index (χ4n) is 2.46. The molecule has 0 aliphatic heterocycles. The van der Waals surface area contributed by atoms with Crippen molar-refractivity contribution in [2.75, 3.05) is 0 Å². The van der Waals surface area contributed by atoms with Crippen molar-refractivity contribution in [1.82, 2.24) is 20.6 Å². The minimum absolute atomic E-state index is 0.0129. The molecule has 3 N–H and O–H groups in total. The SMILES string of the molecule is Cc1ccc(COc2ccccc2/C=N/NC(=O)C(C)Sc2n[nH]c(=O)[nH]c2=O)cc1. The molecule has 0 saturated carbocycles. The third-order valence-corrected chi connectivity index (χ3v) is 5.22. The van der Waals surface area contributed by atoms with E-state index in [4.69, 9.17) is 4.74 Å². The molecular weight excluding hydrogens is 418 g/mol. The van der Waals surface area contributed by atoms with Crippen molar-refractivity contribution in [3.05, 3.63) is 86.1 Å². The molecule has 1 amide bonds. The number of carbonyl (C=O) groups excluding carboxylic acids is 1. The first-order chi connectivity index (χ1) is 14.9. The summed E-state index contributed by atoms with van der Waals surface area (Å²) in [6.45, 7) is 4.03. The molecule has 2 aromatic carbocycles. The second-order valence-electron chi connectivity index (χ2n) is 6.62. The molecule has 10 heteroatoms. The molecule has 1 heterocycles. The van der Waals surface area contributed by atoms with Gasteiger partial charge < -0.3 is 4.74 Å². The Morgan fingerprint density at radius 2 is 1.97 bits per heavy atom. The zero-order chi connectivity index (χ0) is 22.2. The number of para-hydroxylation sites is 1. The molecule has 1 atom stereocenters. The molecule has 31 heavy (non-hydrogen) atoms. The summed E-state index contributed by atoms with van der Waals surface area (Å²) in [6.07, 6.45) is 1.49. The van der Waals surface area contributed by atoms with E-state index in [1.54, 1.807) is 6.92 Å². The molecule has 1 unspecified atom stereocenters. The van der Waals surface area contributed by atoms with Gasteiger partial charge in [0.25, 0.3) is 11.5 Å². The highest BCUT2D eigenvalue weighted by atomic mass is 32.2. The van der Waals surface area contributed by atoms with Crippen molar-refractivity contribution in [2.24, 2.45) is 5.10 Å². The summed E-state index contributed by atoms with van der Waals surface area (Å²) in [6, 6.07) is 15.4. The summed E-state index contributed by atoms with van der Waals surface area (Å²) >= 11 is 0.907. The van der Waals surface area contributed by atoms with Gasteiger partial charge in [0.05, 0.1) is 11.5 Å². The summed E-state index contributed by atoms with van der Waals surface area (Å²) in [5.41, 5.74) is 3.99. The lowest BCUT2D eigenvalue weighted by atomic mass is 10.1. The van der Waals surface area contributed by atoms with Crippen molar-refractivity contribution >= 4 is 23.9 Å². The maximum absolute atomic E-state index is 12.3. The number of aromatic nitrogens is 3. The van der Waals surface area contributed by atoms with Crippen LogP contribution in [0.1, 0.15) is 23.6 Å². The maximum atomic E-state index is 12.3. The fraction of sp³-hybridized carbons (Fsp3) is 0.190. The zero-order valence-corrected chi connectivity index (χ0v) is 17.7. The highest BCUT2D eigenvalue weighted by Crippen LogP contribution is 2.18. The van der Waals surface area contributed by atoms with E-state index in [1.165, 1.54) is 11.8 Å². The topological polar surface area (TPSA) is 129 Å². The van der Waals surface area contributed by atoms with Crippen molar-refractivity contribution in [1.29, 1.82) is 0 Å². The van der Waals surface area contributed by atoms with E-state index in [-0.39, 0.29) is 5.03 Å². The molecule has 3 aromatic rings. The average Bonchev–Trinajstić information content (AvgIpc) is 2.76. The summed E-state index contributed by atoms with van der Waals surface area (Å²) in [5.74, 6) is 0.208. The standard InChI is InChI=1S/C21H21N5O4S/c1-13-7-9-15(10-8-13)12-30-17-6-4-3-5-16(17)11-22-24-18(27)14(2)31-20-19(28)23-21(29)26-25-20/h3-11,14H,12H2,1-2H3,(H,24,27)(H2,23,26,28,29)/b22-11+. The van der Waals surface area contributed by atoms with Crippen LogP contribution < -0.4 is 21.4 Å². The number of nitrogens with zero attached hydrogens (tertiary/aromatic N) is 2. The minimum Gasteiger partial charge on any atom is -0.488 e. The molecule has 160 valence electrons. The molecule has 1 aromatic heterocycles. The van der Waals surface area contributed by atoms with Gasteiger partial charge in [-0.15, -0.1) is 0 Å². The van der Waals surface area contributed by atoms with E-state index < -0.39 is 22.4 Å². The van der Waals surface area contributed by atoms with Gasteiger partial charge in [-0.25, -0.2) is 15.3 Å². The quantitative estimate of drug-likeness (QED) is 0.280. The Hall–Kier alpha value is -3.66. The van der Waals surface area contributed by atoms with E-state index in [0.29, 0.717) is 17.9 Å². The predicted octanol–water partition coefficient (Wildman–Crippen LogP) is 1.98. The van der Waals surface area contributed by atoms with Crippen molar-refractivity contribution < 1.29 is 9.53 Å². The normalized spacial score (nSPS) is 11.9. The summed E-state index contributed by atoms with van der Waals surface area (Å²) in [5, 5.41) is 9.07. The van der Waals surface area contributed by atoms with Gasteiger partial charge in [-0.1, -0.05) is 53.7 Å². The van der Waals surface area contributed by atoms with E-state index in [2.05, 4.69) is 25.7 Å². The number of hydrazone groups is 1. The number of benzene rings is 2. The number of hydrogen-bond donors (Lipinski definition) is 3. The van der Waals surface area contributed by atoms with Crippen LogP contribution in [0.15, 0.2) is 68.2 Å². The van der Waals surface area contributed by atoms with Crippen molar-refractivity contribution in [3.63, 3.8) is 0 Å². The van der Waals surface area contributed by atoms with Gasteiger partial charge in [-0.3, -0.25) is 14.6 Å². The van der Waals surface area contributed by atoms with Crippen LogP contribution in [0.5, 0.6) is 5.75 Å². The van der Waals surface area contributed by atoms with Crippen molar-refractivity contribution in [2.45, 2.75) is 30.7 Å². The Balaban J connectivity index is 1.58. The highest BCUT2D eigenvalue weighted by Gasteiger charge is 2.17. The van der Waals surface area contributed by atoms with Crippen LogP contribution >= 0.6 is 11.8 Å². The largest absolute Gasteiger partial charge is 0.488 e. The Kier molecular flexibility index (Phi) is 7.39. The number of hydrogen-bond acceptors (Lipinski definition) is 7. The molecule has 9 nitrogen and oxygen atoms in total. The van der Waals surface area contributed by atoms with Gasteiger partial charge in [0.1, 0.15) is 12.4 Å². The first-order valence-corrected chi connectivity index (χ1v) is 10.3. The van der Waals surface area contributed by atoms with Crippen LogP contribution in [0.3, 0.4) is 0 Å². The maximum Gasteiger partial charge on any atom is 0.342 e. The number of ether oxygens (including phenoxy) is 1. The van der Waals surface area contributed by atoms with E-state index >= 15 is 0 Å². The zero-order valence-electron chi connectivity index (χ0n) is 16.9. The van der Waals surface area contributed by atoms with E-state index in [1.807, 2.05) is 55.5 Å². The second kappa shape index (κ2) is 10.4. The molecule has 0 spiro atoms. The van der Waals surface area contributed by atoms with Crippen molar-refractivity contribution in [3.8, 4) is 5.75 Å². The highest BCUT2D eigenvalue weighted by molar-refractivity contribution is 8.00. The number of carbonyl (C=O) groups is 1. The molecule has 3 rings (SSSR count). The number of rotatable bonds is 8. The summed E-state index contributed by atoms with van der Waals surface area (Å²) in [7, 11) is 0.